The van der Waals surface area contributed by atoms with Gasteiger partial charge in [0.15, 0.2) is 0 Å². The first-order valence-electron chi connectivity index (χ1n) is 9.64. The van der Waals surface area contributed by atoms with E-state index in [1.165, 1.54) is 0 Å². The smallest absolute Gasteiger partial charge is 0.255 e. The van der Waals surface area contributed by atoms with Crippen LogP contribution < -0.4 is 10.1 Å². The molecule has 1 amide bonds. The second-order valence-electron chi connectivity index (χ2n) is 7.11. The second kappa shape index (κ2) is 9.68. The van der Waals surface area contributed by atoms with Crippen molar-refractivity contribution in [3.8, 4) is 5.75 Å². The molecule has 0 atom stereocenters. The van der Waals surface area contributed by atoms with Crippen molar-refractivity contribution in [1.82, 2.24) is 14.9 Å². The number of carbonyl (C=O) groups is 1. The predicted molar refractivity (Wildman–Crippen MR) is 115 cm³/mol. The van der Waals surface area contributed by atoms with Crippen LogP contribution in [0.3, 0.4) is 0 Å². The maximum absolute atomic E-state index is 12.7. The van der Waals surface area contributed by atoms with Gasteiger partial charge in [0.1, 0.15) is 5.75 Å². The normalized spacial score (nSPS) is 10.6. The number of likely N-dealkylation sites (N-methyl/N-ethyl adjacent to an activating group) is 1. The van der Waals surface area contributed by atoms with E-state index in [1.807, 2.05) is 56.3 Å². The minimum absolute atomic E-state index is 0.0594. The van der Waals surface area contributed by atoms with Crippen LogP contribution in [-0.4, -0.2) is 40.5 Å². The Kier molecular flexibility index (Phi) is 6.79. The van der Waals surface area contributed by atoms with Crippen molar-refractivity contribution in [3.05, 3.63) is 78.4 Å². The molecule has 0 aliphatic heterocycles. The molecular formula is C23H26N4O2. The Balaban J connectivity index is 1.61. The van der Waals surface area contributed by atoms with Crippen molar-refractivity contribution < 1.29 is 9.53 Å². The Morgan fingerprint density at radius 3 is 2.45 bits per heavy atom. The van der Waals surface area contributed by atoms with E-state index in [1.54, 1.807) is 36.7 Å². The molecule has 0 saturated heterocycles. The molecular weight excluding hydrogens is 364 g/mol. The number of nitrogens with zero attached hydrogens (tertiary/aromatic N) is 3. The summed E-state index contributed by atoms with van der Waals surface area (Å²) in [5.41, 5.74) is 3.36. The second-order valence-corrected chi connectivity index (χ2v) is 7.11. The molecule has 2 heterocycles. The van der Waals surface area contributed by atoms with E-state index in [2.05, 4.69) is 15.3 Å². The Bertz CT molecular complexity index is 927. The van der Waals surface area contributed by atoms with Gasteiger partial charge in [-0.15, -0.1) is 0 Å². The maximum atomic E-state index is 12.7. The zero-order valence-corrected chi connectivity index (χ0v) is 17.0. The zero-order valence-electron chi connectivity index (χ0n) is 17.0. The molecule has 150 valence electrons. The summed E-state index contributed by atoms with van der Waals surface area (Å²) in [4.78, 5) is 22.7. The summed E-state index contributed by atoms with van der Waals surface area (Å²) < 4.78 is 5.66. The number of ether oxygens (including phenoxy) is 1. The van der Waals surface area contributed by atoms with E-state index in [-0.39, 0.29) is 12.0 Å². The molecule has 0 bridgehead atoms. The predicted octanol–water partition coefficient (Wildman–Crippen LogP) is 4.32. The molecule has 0 unspecified atom stereocenters. The van der Waals surface area contributed by atoms with Crippen molar-refractivity contribution >= 4 is 17.3 Å². The van der Waals surface area contributed by atoms with Crippen LogP contribution in [0.25, 0.3) is 0 Å². The summed E-state index contributed by atoms with van der Waals surface area (Å²) >= 11 is 0. The van der Waals surface area contributed by atoms with Crippen LogP contribution in [0.1, 0.15) is 29.8 Å². The number of rotatable bonds is 8. The Labute approximate surface area is 171 Å². The highest BCUT2D eigenvalue weighted by Crippen LogP contribution is 2.21. The highest BCUT2D eigenvalue weighted by molar-refractivity contribution is 5.94. The largest absolute Gasteiger partial charge is 0.491 e. The van der Waals surface area contributed by atoms with E-state index < -0.39 is 0 Å². The Morgan fingerprint density at radius 1 is 1.03 bits per heavy atom. The topological polar surface area (TPSA) is 67.3 Å². The molecule has 6 heteroatoms. The molecule has 2 aromatic heterocycles. The molecule has 0 spiro atoms. The van der Waals surface area contributed by atoms with Gasteiger partial charge in [0.25, 0.3) is 5.91 Å². The van der Waals surface area contributed by atoms with E-state index in [0.717, 1.165) is 29.1 Å². The van der Waals surface area contributed by atoms with Crippen LogP contribution >= 0.6 is 0 Å². The zero-order chi connectivity index (χ0) is 20.6. The van der Waals surface area contributed by atoms with Gasteiger partial charge in [-0.2, -0.15) is 0 Å². The van der Waals surface area contributed by atoms with Crippen molar-refractivity contribution in [1.29, 1.82) is 0 Å². The molecule has 0 radical (unpaired) electrons. The number of pyridine rings is 2. The molecule has 0 fully saturated rings. The molecule has 6 nitrogen and oxygen atoms in total. The Hall–Kier alpha value is -3.41. The van der Waals surface area contributed by atoms with Gasteiger partial charge in [-0.3, -0.25) is 14.8 Å². The van der Waals surface area contributed by atoms with Crippen LogP contribution in [0.15, 0.2) is 67.3 Å². The number of aromatic nitrogens is 2. The van der Waals surface area contributed by atoms with E-state index >= 15 is 0 Å². The first kappa shape index (κ1) is 20.3. The average Bonchev–Trinajstić information content (AvgIpc) is 2.73. The number of carbonyl (C=O) groups excluding carboxylic acids is 1. The van der Waals surface area contributed by atoms with Gasteiger partial charge >= 0.3 is 0 Å². The third-order valence-electron chi connectivity index (χ3n) is 4.33. The van der Waals surface area contributed by atoms with Gasteiger partial charge in [0, 0.05) is 37.9 Å². The summed E-state index contributed by atoms with van der Waals surface area (Å²) in [5, 5.41) is 3.28. The molecule has 3 rings (SSSR count). The number of amides is 1. The van der Waals surface area contributed by atoms with Crippen LogP contribution in [-0.2, 0) is 6.42 Å². The number of anilines is 2. The van der Waals surface area contributed by atoms with Crippen LogP contribution in [0.4, 0.5) is 11.4 Å². The van der Waals surface area contributed by atoms with Gasteiger partial charge in [0.05, 0.1) is 23.6 Å². The quantitative estimate of drug-likeness (QED) is 0.620. The lowest BCUT2D eigenvalue weighted by molar-refractivity contribution is 0.0796. The van der Waals surface area contributed by atoms with E-state index in [4.69, 9.17) is 4.74 Å². The fraction of sp³-hybridized carbons (Fsp3) is 0.261. The van der Waals surface area contributed by atoms with Crippen molar-refractivity contribution in [2.45, 2.75) is 26.4 Å². The number of nitrogens with one attached hydrogen (secondary N) is 1. The van der Waals surface area contributed by atoms with Crippen molar-refractivity contribution in [3.63, 3.8) is 0 Å². The van der Waals surface area contributed by atoms with Gasteiger partial charge in [0.2, 0.25) is 0 Å². The van der Waals surface area contributed by atoms with Crippen molar-refractivity contribution in [2.24, 2.45) is 0 Å². The van der Waals surface area contributed by atoms with Crippen LogP contribution in [0.2, 0.25) is 0 Å². The first-order valence-corrected chi connectivity index (χ1v) is 9.64. The van der Waals surface area contributed by atoms with E-state index in [0.29, 0.717) is 12.1 Å². The molecule has 0 aliphatic carbocycles. The third-order valence-corrected chi connectivity index (χ3v) is 4.33. The summed E-state index contributed by atoms with van der Waals surface area (Å²) in [6, 6.07) is 13.4. The van der Waals surface area contributed by atoms with E-state index in [9.17, 15) is 4.79 Å². The molecule has 1 aromatic carbocycles. The van der Waals surface area contributed by atoms with Crippen LogP contribution in [0, 0.1) is 0 Å². The molecule has 1 N–H and O–H groups in total. The van der Waals surface area contributed by atoms with Gasteiger partial charge in [-0.25, -0.2) is 0 Å². The molecule has 0 saturated carbocycles. The average molecular weight is 390 g/mol. The lowest BCUT2D eigenvalue weighted by atomic mass is 10.2. The van der Waals surface area contributed by atoms with Crippen molar-refractivity contribution in [2.75, 3.05) is 18.9 Å². The standard InChI is InChI=1S/C23H26N4O2/c1-17(2)29-22-6-4-20(5-7-22)26-21-14-19(15-25-16-21)23(28)27(3)13-10-18-8-11-24-12-9-18/h4-9,11-12,14-17,26H,10,13H2,1-3H3. The lowest BCUT2D eigenvalue weighted by Crippen LogP contribution is -2.29. The number of hydrogen-bond acceptors (Lipinski definition) is 5. The molecule has 3 aromatic rings. The highest BCUT2D eigenvalue weighted by atomic mass is 16.5. The minimum atomic E-state index is -0.0594. The number of benzene rings is 1. The summed E-state index contributed by atoms with van der Waals surface area (Å²) in [5.74, 6) is 0.763. The fourth-order valence-electron chi connectivity index (χ4n) is 2.85. The minimum Gasteiger partial charge on any atom is -0.491 e. The SMILES string of the molecule is CC(C)Oc1ccc(Nc2cncc(C(=O)N(C)CCc3ccncc3)c2)cc1. The molecule has 0 aliphatic rings. The number of hydrogen-bond donors (Lipinski definition) is 1. The third kappa shape index (κ3) is 6.04. The molecule has 29 heavy (non-hydrogen) atoms. The van der Waals surface area contributed by atoms with Gasteiger partial charge in [-0.05, 0) is 68.3 Å². The Morgan fingerprint density at radius 2 is 1.76 bits per heavy atom. The highest BCUT2D eigenvalue weighted by Gasteiger charge is 2.13. The summed E-state index contributed by atoms with van der Waals surface area (Å²) in [6.45, 7) is 4.61. The van der Waals surface area contributed by atoms with Crippen LogP contribution in [0.5, 0.6) is 5.75 Å². The summed E-state index contributed by atoms with van der Waals surface area (Å²) in [6.07, 6.45) is 7.73. The summed E-state index contributed by atoms with van der Waals surface area (Å²) in [7, 11) is 1.80. The van der Waals surface area contributed by atoms with Gasteiger partial charge in [-0.1, -0.05) is 0 Å². The van der Waals surface area contributed by atoms with Gasteiger partial charge < -0.3 is 15.0 Å². The fourth-order valence-corrected chi connectivity index (χ4v) is 2.85. The maximum Gasteiger partial charge on any atom is 0.255 e. The lowest BCUT2D eigenvalue weighted by Gasteiger charge is -2.17. The monoisotopic (exact) mass is 390 g/mol. The first-order chi connectivity index (χ1) is 14.0.